The molecule has 0 aromatic heterocycles. The van der Waals surface area contributed by atoms with Gasteiger partial charge in [0.05, 0.1) is 10.6 Å². The van der Waals surface area contributed by atoms with Crippen molar-refractivity contribution in [1.29, 1.82) is 0 Å². The second-order valence-corrected chi connectivity index (χ2v) is 5.47. The molecular formula is C14H9BrClF3O. The van der Waals surface area contributed by atoms with Gasteiger partial charge >= 0.3 is 0 Å². The van der Waals surface area contributed by atoms with Crippen molar-refractivity contribution in [2.24, 2.45) is 0 Å². The van der Waals surface area contributed by atoms with Crippen LogP contribution in [0.3, 0.4) is 0 Å². The molecule has 0 aliphatic rings. The van der Waals surface area contributed by atoms with Gasteiger partial charge in [-0.1, -0.05) is 17.7 Å². The van der Waals surface area contributed by atoms with E-state index in [4.69, 9.17) is 11.6 Å². The van der Waals surface area contributed by atoms with E-state index in [1.165, 1.54) is 18.2 Å². The van der Waals surface area contributed by atoms with E-state index in [0.29, 0.717) is 0 Å². The lowest BCUT2D eigenvalue weighted by atomic mass is 10.0. The largest absolute Gasteiger partial charge is 0.388 e. The van der Waals surface area contributed by atoms with Crippen LogP contribution in [-0.2, 0) is 6.42 Å². The van der Waals surface area contributed by atoms with Gasteiger partial charge in [-0.15, -0.1) is 0 Å². The molecule has 1 atom stereocenters. The predicted octanol–water partition coefficient (Wildman–Crippen LogP) is 4.80. The van der Waals surface area contributed by atoms with Crippen LogP contribution in [-0.4, -0.2) is 5.11 Å². The fourth-order valence-corrected chi connectivity index (χ4v) is 2.38. The zero-order valence-corrected chi connectivity index (χ0v) is 12.4. The van der Waals surface area contributed by atoms with Crippen molar-refractivity contribution in [3.05, 3.63) is 68.4 Å². The third-order valence-corrected chi connectivity index (χ3v) is 3.82. The first kappa shape index (κ1) is 15.4. The van der Waals surface area contributed by atoms with E-state index in [1.807, 2.05) is 0 Å². The van der Waals surface area contributed by atoms with E-state index in [2.05, 4.69) is 15.9 Å². The molecule has 0 aliphatic carbocycles. The second kappa shape index (κ2) is 6.16. The van der Waals surface area contributed by atoms with Crippen LogP contribution in [0.1, 0.15) is 17.2 Å². The summed E-state index contributed by atoms with van der Waals surface area (Å²) in [6.45, 7) is 0. The van der Waals surface area contributed by atoms with E-state index in [9.17, 15) is 18.3 Å². The van der Waals surface area contributed by atoms with Crippen LogP contribution in [0.2, 0.25) is 5.02 Å². The third-order valence-electron chi connectivity index (χ3n) is 2.86. The molecule has 0 saturated heterocycles. The van der Waals surface area contributed by atoms with Gasteiger partial charge < -0.3 is 5.11 Å². The highest BCUT2D eigenvalue weighted by Gasteiger charge is 2.19. The summed E-state index contributed by atoms with van der Waals surface area (Å²) in [4.78, 5) is 0. The van der Waals surface area contributed by atoms with Crippen LogP contribution >= 0.6 is 27.5 Å². The summed E-state index contributed by atoms with van der Waals surface area (Å²) in [5.74, 6) is -2.09. The topological polar surface area (TPSA) is 20.2 Å². The Morgan fingerprint density at radius 2 is 1.80 bits per heavy atom. The monoisotopic (exact) mass is 364 g/mol. The Balaban J connectivity index is 2.33. The second-order valence-electron chi connectivity index (χ2n) is 4.21. The molecule has 0 aliphatic heterocycles. The highest BCUT2D eigenvalue weighted by Crippen LogP contribution is 2.29. The van der Waals surface area contributed by atoms with Crippen molar-refractivity contribution in [3.63, 3.8) is 0 Å². The summed E-state index contributed by atoms with van der Waals surface area (Å²) < 4.78 is 40.6. The molecule has 106 valence electrons. The maximum Gasteiger partial charge on any atom is 0.137 e. The summed E-state index contributed by atoms with van der Waals surface area (Å²) in [5, 5.41) is 10.1. The number of halogens is 5. The van der Waals surface area contributed by atoms with Crippen molar-refractivity contribution < 1.29 is 18.3 Å². The van der Waals surface area contributed by atoms with Crippen molar-refractivity contribution in [3.8, 4) is 0 Å². The SMILES string of the molecule is OC(Cc1c(F)cccc1Cl)c1cc(F)c(Br)cc1F. The lowest BCUT2D eigenvalue weighted by molar-refractivity contribution is 0.172. The summed E-state index contributed by atoms with van der Waals surface area (Å²) in [6.07, 6.45) is -1.64. The molecule has 2 rings (SSSR count). The Kier molecular flexibility index (Phi) is 4.73. The molecule has 0 saturated carbocycles. The van der Waals surface area contributed by atoms with Gasteiger partial charge in [-0.25, -0.2) is 13.2 Å². The number of aliphatic hydroxyl groups excluding tert-OH is 1. The maximum absolute atomic E-state index is 13.7. The van der Waals surface area contributed by atoms with Gasteiger partial charge in [-0.2, -0.15) is 0 Å². The van der Waals surface area contributed by atoms with Gasteiger partial charge in [0.25, 0.3) is 0 Å². The van der Waals surface area contributed by atoms with E-state index in [-0.39, 0.29) is 27.0 Å². The van der Waals surface area contributed by atoms with Gasteiger partial charge in [0.1, 0.15) is 17.5 Å². The molecule has 0 fully saturated rings. The molecule has 2 aromatic carbocycles. The quantitative estimate of drug-likeness (QED) is 0.775. The molecule has 0 bridgehead atoms. The first-order valence-electron chi connectivity index (χ1n) is 5.65. The molecule has 0 spiro atoms. The molecule has 2 aromatic rings. The molecule has 6 heteroatoms. The van der Waals surface area contributed by atoms with E-state index in [1.54, 1.807) is 0 Å². The molecule has 20 heavy (non-hydrogen) atoms. The van der Waals surface area contributed by atoms with Crippen LogP contribution in [0.15, 0.2) is 34.8 Å². The Labute approximate surface area is 127 Å². The third kappa shape index (κ3) is 3.16. The fraction of sp³-hybridized carbons (Fsp3) is 0.143. The van der Waals surface area contributed by atoms with Crippen LogP contribution in [0.4, 0.5) is 13.2 Å². The minimum absolute atomic E-state index is 0.0464. The van der Waals surface area contributed by atoms with Crippen LogP contribution < -0.4 is 0 Å². The number of rotatable bonds is 3. The summed E-state index contributed by atoms with van der Waals surface area (Å²) in [5.41, 5.74) is -0.186. The summed E-state index contributed by atoms with van der Waals surface area (Å²) in [7, 11) is 0. The standard InChI is InChI=1S/C14H9BrClF3O/c15-9-6-12(18)8(4-13(9)19)14(20)5-7-10(16)2-1-3-11(7)17/h1-4,6,14,20H,5H2. The Hall–Kier alpha value is -1.04. The maximum atomic E-state index is 13.7. The van der Waals surface area contributed by atoms with Crippen LogP contribution in [0.5, 0.6) is 0 Å². The van der Waals surface area contributed by atoms with Gasteiger partial charge in [-0.3, -0.25) is 0 Å². The number of aliphatic hydroxyl groups is 1. The molecule has 1 unspecified atom stereocenters. The van der Waals surface area contributed by atoms with Gasteiger partial charge in [-0.05, 0) is 40.2 Å². The number of hydrogen-bond donors (Lipinski definition) is 1. The van der Waals surface area contributed by atoms with E-state index < -0.39 is 23.6 Å². The number of hydrogen-bond acceptors (Lipinski definition) is 1. The first-order valence-corrected chi connectivity index (χ1v) is 6.82. The molecule has 0 radical (unpaired) electrons. The normalized spacial score (nSPS) is 12.5. The molecule has 1 N–H and O–H groups in total. The zero-order chi connectivity index (χ0) is 14.9. The van der Waals surface area contributed by atoms with Gasteiger partial charge in [0.2, 0.25) is 0 Å². The van der Waals surface area contributed by atoms with Crippen molar-refractivity contribution >= 4 is 27.5 Å². The smallest absolute Gasteiger partial charge is 0.137 e. The van der Waals surface area contributed by atoms with Crippen LogP contribution in [0.25, 0.3) is 0 Å². The summed E-state index contributed by atoms with van der Waals surface area (Å²) >= 11 is 8.67. The Morgan fingerprint density at radius 1 is 1.10 bits per heavy atom. The van der Waals surface area contributed by atoms with E-state index in [0.717, 1.165) is 12.1 Å². The zero-order valence-electron chi connectivity index (χ0n) is 10.0. The number of benzene rings is 2. The highest BCUT2D eigenvalue weighted by molar-refractivity contribution is 9.10. The van der Waals surface area contributed by atoms with Crippen LogP contribution in [0, 0.1) is 17.5 Å². The first-order chi connectivity index (χ1) is 9.40. The molecule has 1 nitrogen and oxygen atoms in total. The van der Waals surface area contributed by atoms with E-state index >= 15 is 0 Å². The Bertz CT molecular complexity index is 628. The highest BCUT2D eigenvalue weighted by atomic mass is 79.9. The minimum atomic E-state index is -1.40. The molecular weight excluding hydrogens is 357 g/mol. The lowest BCUT2D eigenvalue weighted by Gasteiger charge is -2.14. The van der Waals surface area contributed by atoms with Crippen molar-refractivity contribution in [2.45, 2.75) is 12.5 Å². The molecule has 0 heterocycles. The average Bonchev–Trinajstić information content (AvgIpc) is 2.38. The lowest BCUT2D eigenvalue weighted by Crippen LogP contribution is -2.07. The fourth-order valence-electron chi connectivity index (χ4n) is 1.82. The van der Waals surface area contributed by atoms with Gasteiger partial charge in [0.15, 0.2) is 0 Å². The average molecular weight is 366 g/mol. The summed E-state index contributed by atoms with van der Waals surface area (Å²) in [6, 6.07) is 5.86. The van der Waals surface area contributed by atoms with Crippen molar-refractivity contribution in [1.82, 2.24) is 0 Å². The predicted molar refractivity (Wildman–Crippen MR) is 74.1 cm³/mol. The van der Waals surface area contributed by atoms with Gasteiger partial charge in [0, 0.05) is 22.6 Å². The van der Waals surface area contributed by atoms with Crippen molar-refractivity contribution in [2.75, 3.05) is 0 Å². The molecule has 0 amide bonds. The minimum Gasteiger partial charge on any atom is -0.388 e. The Morgan fingerprint density at radius 3 is 2.45 bits per heavy atom.